The molecule has 2 aromatic carbocycles. The first-order valence-electron chi connectivity index (χ1n) is 8.73. The number of rotatable bonds is 9. The molecule has 30 heavy (non-hydrogen) atoms. The number of nitrogens with two attached hydrogens (primary N) is 1. The number of halogens is 1. The lowest BCUT2D eigenvalue weighted by atomic mass is 10.2. The van der Waals surface area contributed by atoms with Crippen molar-refractivity contribution in [3.05, 3.63) is 59.9 Å². The fourth-order valence-corrected chi connectivity index (χ4v) is 2.26. The maximum Gasteiger partial charge on any atom is 0.344 e. The second-order valence-electron chi connectivity index (χ2n) is 6.11. The molecule has 0 aliphatic carbocycles. The summed E-state index contributed by atoms with van der Waals surface area (Å²) in [4.78, 5) is 48.1. The molecule has 0 unspecified atom stereocenters. The van der Waals surface area contributed by atoms with E-state index < -0.39 is 42.7 Å². The Kier molecular flexibility index (Phi) is 7.86. The van der Waals surface area contributed by atoms with Gasteiger partial charge in [-0.05, 0) is 36.4 Å². The molecule has 0 spiro atoms. The number of nitrogens with zero attached hydrogens (tertiary/aromatic N) is 1. The summed E-state index contributed by atoms with van der Waals surface area (Å²) in [6.07, 6.45) is 0. The van der Waals surface area contributed by atoms with Gasteiger partial charge in [0, 0.05) is 12.7 Å². The predicted molar refractivity (Wildman–Crippen MR) is 104 cm³/mol. The highest BCUT2D eigenvalue weighted by atomic mass is 19.1. The Morgan fingerprint density at radius 2 is 1.70 bits per heavy atom. The summed E-state index contributed by atoms with van der Waals surface area (Å²) < 4.78 is 22.9. The van der Waals surface area contributed by atoms with Gasteiger partial charge in [0.1, 0.15) is 11.6 Å². The van der Waals surface area contributed by atoms with Crippen LogP contribution in [0.4, 0.5) is 10.1 Å². The summed E-state index contributed by atoms with van der Waals surface area (Å²) in [6, 6.07) is 11.2. The molecule has 0 saturated carbocycles. The summed E-state index contributed by atoms with van der Waals surface area (Å²) in [7, 11) is 1.36. The van der Waals surface area contributed by atoms with Crippen molar-refractivity contribution in [3.8, 4) is 5.75 Å². The van der Waals surface area contributed by atoms with Gasteiger partial charge in [0.2, 0.25) is 5.91 Å². The van der Waals surface area contributed by atoms with E-state index in [1.165, 1.54) is 43.4 Å². The fourth-order valence-electron chi connectivity index (χ4n) is 2.26. The minimum absolute atomic E-state index is 0.105. The molecule has 9 nitrogen and oxygen atoms in total. The second-order valence-corrected chi connectivity index (χ2v) is 6.11. The van der Waals surface area contributed by atoms with E-state index in [0.29, 0.717) is 5.69 Å². The van der Waals surface area contributed by atoms with Crippen LogP contribution in [0.1, 0.15) is 10.4 Å². The fraction of sp³-hybridized carbons (Fsp3) is 0.200. The van der Waals surface area contributed by atoms with Crippen molar-refractivity contribution in [2.24, 2.45) is 5.73 Å². The van der Waals surface area contributed by atoms with Crippen LogP contribution in [0.15, 0.2) is 48.5 Å². The minimum atomic E-state index is -0.841. The van der Waals surface area contributed by atoms with Crippen LogP contribution in [0, 0.1) is 5.82 Å². The van der Waals surface area contributed by atoms with Gasteiger partial charge in [-0.2, -0.15) is 0 Å². The molecular formula is C20H20FN3O6. The van der Waals surface area contributed by atoms with Gasteiger partial charge in [-0.1, -0.05) is 12.1 Å². The average Bonchev–Trinajstić information content (AvgIpc) is 2.72. The van der Waals surface area contributed by atoms with Crippen LogP contribution in [0.25, 0.3) is 0 Å². The number of anilines is 1. The van der Waals surface area contributed by atoms with Gasteiger partial charge in [0.15, 0.2) is 13.2 Å². The number of carbonyl (C=O) groups is 4. The van der Waals surface area contributed by atoms with Gasteiger partial charge in [-0.15, -0.1) is 0 Å². The third-order valence-electron chi connectivity index (χ3n) is 3.79. The lowest BCUT2D eigenvalue weighted by molar-refractivity contribution is -0.153. The third-order valence-corrected chi connectivity index (χ3v) is 3.79. The molecule has 2 rings (SSSR count). The Bertz CT molecular complexity index is 932. The molecule has 3 amide bonds. The number of hydrogen-bond donors (Lipinski definition) is 2. The first-order chi connectivity index (χ1) is 14.3. The van der Waals surface area contributed by atoms with E-state index in [1.807, 2.05) is 0 Å². The van der Waals surface area contributed by atoms with Gasteiger partial charge in [-0.3, -0.25) is 14.4 Å². The van der Waals surface area contributed by atoms with Crippen molar-refractivity contribution in [2.45, 2.75) is 0 Å². The van der Waals surface area contributed by atoms with Gasteiger partial charge in [0.25, 0.3) is 11.8 Å². The summed E-state index contributed by atoms with van der Waals surface area (Å²) in [5.41, 5.74) is 5.69. The van der Waals surface area contributed by atoms with Gasteiger partial charge < -0.3 is 25.4 Å². The van der Waals surface area contributed by atoms with Crippen molar-refractivity contribution in [1.29, 1.82) is 0 Å². The number of ether oxygens (including phenoxy) is 2. The number of likely N-dealkylation sites (N-methyl/N-ethyl adjacent to an activating group) is 1. The highest BCUT2D eigenvalue weighted by molar-refractivity contribution is 5.96. The molecule has 0 aliphatic heterocycles. The number of amides is 3. The third kappa shape index (κ3) is 6.89. The van der Waals surface area contributed by atoms with Crippen LogP contribution in [-0.4, -0.2) is 55.4 Å². The zero-order valence-corrected chi connectivity index (χ0v) is 16.1. The number of hydrogen-bond acceptors (Lipinski definition) is 6. The lowest BCUT2D eigenvalue weighted by Gasteiger charge is -2.17. The number of primary amides is 1. The van der Waals surface area contributed by atoms with E-state index in [-0.39, 0.29) is 17.9 Å². The first-order valence-corrected chi connectivity index (χ1v) is 8.73. The number of nitrogens with one attached hydrogen (secondary N) is 1. The largest absolute Gasteiger partial charge is 0.481 e. The summed E-state index contributed by atoms with van der Waals surface area (Å²) in [5.74, 6) is -3.00. The monoisotopic (exact) mass is 417 g/mol. The van der Waals surface area contributed by atoms with E-state index in [1.54, 1.807) is 12.1 Å². The van der Waals surface area contributed by atoms with Crippen LogP contribution in [-0.2, 0) is 19.1 Å². The minimum Gasteiger partial charge on any atom is -0.481 e. The Labute approximate surface area is 171 Å². The normalized spacial score (nSPS) is 10.1. The Hall–Kier alpha value is -3.95. The van der Waals surface area contributed by atoms with Crippen LogP contribution in [0.3, 0.4) is 0 Å². The van der Waals surface area contributed by atoms with Crippen LogP contribution < -0.4 is 15.8 Å². The van der Waals surface area contributed by atoms with Gasteiger partial charge in [0.05, 0.1) is 12.1 Å². The molecule has 2 aromatic rings. The van der Waals surface area contributed by atoms with Crippen molar-refractivity contribution >= 4 is 29.4 Å². The molecule has 0 saturated heterocycles. The molecule has 10 heteroatoms. The highest BCUT2D eigenvalue weighted by Gasteiger charge is 2.16. The molecule has 0 heterocycles. The van der Waals surface area contributed by atoms with Gasteiger partial charge in [-0.25, -0.2) is 9.18 Å². The quantitative estimate of drug-likeness (QED) is 0.585. The smallest absolute Gasteiger partial charge is 0.344 e. The molecule has 0 bridgehead atoms. The van der Waals surface area contributed by atoms with E-state index in [0.717, 1.165) is 4.90 Å². The van der Waals surface area contributed by atoms with Crippen LogP contribution in [0.5, 0.6) is 5.75 Å². The molecule has 158 valence electrons. The highest BCUT2D eigenvalue weighted by Crippen LogP contribution is 2.17. The molecule has 0 aliphatic rings. The van der Waals surface area contributed by atoms with E-state index in [2.05, 4.69) is 5.32 Å². The zero-order valence-electron chi connectivity index (χ0n) is 16.1. The summed E-state index contributed by atoms with van der Waals surface area (Å²) in [6.45, 7) is -1.43. The average molecular weight is 417 g/mol. The maximum atomic E-state index is 12.9. The Morgan fingerprint density at radius 1 is 1.03 bits per heavy atom. The topological polar surface area (TPSA) is 128 Å². The van der Waals surface area contributed by atoms with E-state index in [4.69, 9.17) is 15.2 Å². The molecule has 0 fully saturated rings. The predicted octanol–water partition coefficient (Wildman–Crippen LogP) is 0.944. The lowest BCUT2D eigenvalue weighted by Crippen LogP contribution is -2.37. The van der Waals surface area contributed by atoms with E-state index >= 15 is 0 Å². The molecule has 0 radical (unpaired) electrons. The second kappa shape index (κ2) is 10.6. The zero-order chi connectivity index (χ0) is 22.1. The number of esters is 1. The number of para-hydroxylation sites is 1. The first kappa shape index (κ1) is 22.3. The van der Waals surface area contributed by atoms with Crippen LogP contribution in [0.2, 0.25) is 0 Å². The van der Waals surface area contributed by atoms with Crippen molar-refractivity contribution in [1.82, 2.24) is 4.90 Å². The molecule has 0 atom stereocenters. The summed E-state index contributed by atoms with van der Waals surface area (Å²) >= 11 is 0. The Balaban J connectivity index is 1.75. The summed E-state index contributed by atoms with van der Waals surface area (Å²) in [5, 5.41) is 2.51. The molecule has 3 N–H and O–H groups in total. The number of carbonyl (C=O) groups excluding carboxylic acids is 4. The van der Waals surface area contributed by atoms with Crippen molar-refractivity contribution < 1.29 is 33.0 Å². The van der Waals surface area contributed by atoms with E-state index in [9.17, 15) is 23.6 Å². The van der Waals surface area contributed by atoms with Gasteiger partial charge >= 0.3 is 5.97 Å². The van der Waals surface area contributed by atoms with Crippen molar-refractivity contribution in [3.63, 3.8) is 0 Å². The standard InChI is InChI=1S/C20H20FN3O6/c1-24(10-17(25)23-14-8-6-13(21)7-9-14)18(26)11-30-19(27)12-29-16-5-3-2-4-15(16)20(22)28/h2-9H,10-12H2,1H3,(H2,22,28)(H,23,25). The molecule has 0 aromatic heterocycles. The maximum absolute atomic E-state index is 12.9. The van der Waals surface area contributed by atoms with Crippen LogP contribution >= 0.6 is 0 Å². The number of benzene rings is 2. The molecular weight excluding hydrogens is 397 g/mol. The Morgan fingerprint density at radius 3 is 2.37 bits per heavy atom. The SMILES string of the molecule is CN(CC(=O)Nc1ccc(F)cc1)C(=O)COC(=O)COc1ccccc1C(N)=O. The van der Waals surface area contributed by atoms with Crippen molar-refractivity contribution in [2.75, 3.05) is 32.1 Å².